The van der Waals surface area contributed by atoms with Crippen LogP contribution in [0.4, 0.5) is 5.69 Å². The lowest BCUT2D eigenvalue weighted by atomic mass is 10.1. The number of nitro groups is 1. The summed E-state index contributed by atoms with van der Waals surface area (Å²) < 4.78 is 4.98. The van der Waals surface area contributed by atoms with Crippen molar-refractivity contribution >= 4 is 17.3 Å². The number of nitro benzene ring substituents is 1. The summed E-state index contributed by atoms with van der Waals surface area (Å²) in [6.45, 7) is 0.543. The molecule has 13 heavy (non-hydrogen) atoms. The zero-order chi connectivity index (χ0) is 9.42. The Hall–Kier alpha value is -1.13. The summed E-state index contributed by atoms with van der Waals surface area (Å²) in [6, 6.07) is 4.49. The van der Waals surface area contributed by atoms with E-state index < -0.39 is 4.92 Å². The molecule has 1 heterocycles. The molecule has 1 saturated heterocycles. The van der Waals surface area contributed by atoms with E-state index in [-0.39, 0.29) is 11.8 Å². The number of epoxide rings is 1. The molecule has 0 aliphatic carbocycles. The normalized spacial score (nSPS) is 19.9. The number of benzene rings is 1. The minimum absolute atomic E-state index is 0.0758. The molecule has 1 fully saturated rings. The highest BCUT2D eigenvalue weighted by Crippen LogP contribution is 2.37. The second-order valence-corrected chi connectivity index (χ2v) is 3.22. The summed E-state index contributed by atoms with van der Waals surface area (Å²) in [6.07, 6.45) is -0.140. The third kappa shape index (κ3) is 1.64. The predicted octanol–water partition coefficient (Wildman–Crippen LogP) is 2.32. The Labute approximate surface area is 79.2 Å². The Balaban J connectivity index is 2.47. The quantitative estimate of drug-likeness (QED) is 0.417. The Morgan fingerprint density at radius 1 is 1.62 bits per heavy atom. The first-order chi connectivity index (χ1) is 6.18. The Morgan fingerprint density at radius 2 is 2.31 bits per heavy atom. The van der Waals surface area contributed by atoms with E-state index >= 15 is 0 Å². The first kappa shape index (κ1) is 8.47. The van der Waals surface area contributed by atoms with Gasteiger partial charge in [0.05, 0.1) is 17.1 Å². The predicted molar refractivity (Wildman–Crippen MR) is 46.8 cm³/mol. The topological polar surface area (TPSA) is 55.7 Å². The van der Waals surface area contributed by atoms with Gasteiger partial charge in [0, 0.05) is 11.1 Å². The Kier molecular flexibility index (Phi) is 1.94. The van der Waals surface area contributed by atoms with Gasteiger partial charge in [-0.05, 0) is 12.1 Å². The fraction of sp³-hybridized carbons (Fsp3) is 0.250. The standard InChI is InChI=1S/C8H6ClNO3/c9-5-1-2-7(10(11)12)6(3-5)8-4-13-8/h1-3,8H,4H2/t8-/m0/s1. The van der Waals surface area contributed by atoms with Crippen LogP contribution in [0.1, 0.15) is 11.7 Å². The first-order valence-electron chi connectivity index (χ1n) is 3.74. The van der Waals surface area contributed by atoms with E-state index in [4.69, 9.17) is 16.3 Å². The van der Waals surface area contributed by atoms with Crippen molar-refractivity contribution in [3.8, 4) is 0 Å². The van der Waals surface area contributed by atoms with Crippen LogP contribution in [0.25, 0.3) is 0 Å². The third-order valence-electron chi connectivity index (χ3n) is 1.87. The number of hydrogen-bond donors (Lipinski definition) is 0. The fourth-order valence-corrected chi connectivity index (χ4v) is 1.36. The molecular formula is C8H6ClNO3. The second-order valence-electron chi connectivity index (χ2n) is 2.78. The van der Waals surface area contributed by atoms with Crippen LogP contribution >= 0.6 is 11.6 Å². The van der Waals surface area contributed by atoms with Gasteiger partial charge in [-0.1, -0.05) is 11.6 Å². The Bertz CT molecular complexity index is 362. The largest absolute Gasteiger partial charge is 0.368 e. The highest BCUT2D eigenvalue weighted by molar-refractivity contribution is 6.30. The minimum atomic E-state index is -0.423. The van der Waals surface area contributed by atoms with E-state index in [2.05, 4.69) is 0 Å². The number of nitrogens with zero attached hydrogens (tertiary/aromatic N) is 1. The van der Waals surface area contributed by atoms with Crippen molar-refractivity contribution in [2.24, 2.45) is 0 Å². The third-order valence-corrected chi connectivity index (χ3v) is 2.10. The highest BCUT2D eigenvalue weighted by atomic mass is 35.5. The number of ether oxygens (including phenoxy) is 1. The smallest absolute Gasteiger partial charge is 0.275 e. The summed E-state index contributed by atoms with van der Waals surface area (Å²) in [5.74, 6) is 0. The van der Waals surface area contributed by atoms with Gasteiger partial charge in [0.1, 0.15) is 6.10 Å². The molecule has 0 radical (unpaired) electrons. The summed E-state index contributed by atoms with van der Waals surface area (Å²) in [4.78, 5) is 10.1. The minimum Gasteiger partial charge on any atom is -0.368 e. The average molecular weight is 200 g/mol. The van der Waals surface area contributed by atoms with Gasteiger partial charge in [0.2, 0.25) is 0 Å². The molecule has 0 bridgehead atoms. The second kappa shape index (κ2) is 2.97. The van der Waals surface area contributed by atoms with Crippen LogP contribution in [0.3, 0.4) is 0 Å². The number of rotatable bonds is 2. The molecule has 1 atom stereocenters. The van der Waals surface area contributed by atoms with Crippen molar-refractivity contribution in [1.82, 2.24) is 0 Å². The summed E-state index contributed by atoms with van der Waals surface area (Å²) in [5, 5.41) is 11.1. The fourth-order valence-electron chi connectivity index (χ4n) is 1.18. The molecule has 4 nitrogen and oxygen atoms in total. The van der Waals surface area contributed by atoms with Crippen LogP contribution in [-0.2, 0) is 4.74 Å². The van der Waals surface area contributed by atoms with Crippen LogP contribution in [0.2, 0.25) is 5.02 Å². The molecule has 1 aromatic carbocycles. The van der Waals surface area contributed by atoms with Gasteiger partial charge in [-0.2, -0.15) is 0 Å². The van der Waals surface area contributed by atoms with E-state index in [1.165, 1.54) is 12.1 Å². The molecule has 0 saturated carbocycles. The molecule has 0 aromatic heterocycles. The molecule has 1 aliphatic heterocycles. The lowest BCUT2D eigenvalue weighted by Crippen LogP contribution is -1.93. The first-order valence-corrected chi connectivity index (χ1v) is 4.12. The molecule has 0 N–H and O–H groups in total. The molecule has 0 amide bonds. The summed E-state index contributed by atoms with van der Waals surface area (Å²) in [7, 11) is 0. The van der Waals surface area contributed by atoms with Crippen LogP contribution in [0.15, 0.2) is 18.2 Å². The molecule has 1 aliphatic rings. The molecular weight excluding hydrogens is 194 g/mol. The molecule has 1 aromatic rings. The van der Waals surface area contributed by atoms with Crippen LogP contribution in [0.5, 0.6) is 0 Å². The van der Waals surface area contributed by atoms with Gasteiger partial charge in [-0.15, -0.1) is 0 Å². The Morgan fingerprint density at radius 3 is 2.85 bits per heavy atom. The summed E-state index contributed by atoms with van der Waals surface area (Å²) >= 11 is 5.72. The maximum atomic E-state index is 10.6. The van der Waals surface area contributed by atoms with E-state index in [9.17, 15) is 10.1 Å². The number of halogens is 1. The van der Waals surface area contributed by atoms with Crippen molar-refractivity contribution in [1.29, 1.82) is 0 Å². The summed E-state index contributed by atoms with van der Waals surface area (Å²) in [5.41, 5.74) is 0.643. The van der Waals surface area contributed by atoms with Gasteiger partial charge in [-0.25, -0.2) is 0 Å². The van der Waals surface area contributed by atoms with Crippen molar-refractivity contribution in [2.45, 2.75) is 6.10 Å². The zero-order valence-electron chi connectivity index (χ0n) is 6.57. The number of hydrogen-bond acceptors (Lipinski definition) is 3. The van der Waals surface area contributed by atoms with E-state index in [0.717, 1.165) is 0 Å². The maximum Gasteiger partial charge on any atom is 0.275 e. The van der Waals surface area contributed by atoms with Gasteiger partial charge in [0.15, 0.2) is 0 Å². The average Bonchev–Trinajstić information content (AvgIpc) is 2.85. The molecule has 0 spiro atoms. The lowest BCUT2D eigenvalue weighted by Gasteiger charge is -1.98. The van der Waals surface area contributed by atoms with Gasteiger partial charge < -0.3 is 4.74 Å². The van der Waals surface area contributed by atoms with Crippen molar-refractivity contribution < 1.29 is 9.66 Å². The van der Waals surface area contributed by atoms with E-state index in [1.54, 1.807) is 6.07 Å². The van der Waals surface area contributed by atoms with Crippen molar-refractivity contribution in [2.75, 3.05) is 6.61 Å². The van der Waals surface area contributed by atoms with Crippen molar-refractivity contribution in [3.05, 3.63) is 38.9 Å². The van der Waals surface area contributed by atoms with Gasteiger partial charge in [-0.3, -0.25) is 10.1 Å². The molecule has 5 heteroatoms. The van der Waals surface area contributed by atoms with Gasteiger partial charge >= 0.3 is 0 Å². The molecule has 2 rings (SSSR count). The molecule has 0 unspecified atom stereocenters. The van der Waals surface area contributed by atoms with Crippen LogP contribution < -0.4 is 0 Å². The SMILES string of the molecule is O=[N+]([O-])c1ccc(Cl)cc1[C@@H]1CO1. The lowest BCUT2D eigenvalue weighted by molar-refractivity contribution is -0.385. The van der Waals surface area contributed by atoms with Crippen molar-refractivity contribution in [3.63, 3.8) is 0 Å². The van der Waals surface area contributed by atoms with Gasteiger partial charge in [0.25, 0.3) is 5.69 Å². The van der Waals surface area contributed by atoms with Crippen LogP contribution in [0, 0.1) is 10.1 Å². The highest BCUT2D eigenvalue weighted by Gasteiger charge is 2.31. The van der Waals surface area contributed by atoms with Crippen LogP contribution in [-0.4, -0.2) is 11.5 Å². The zero-order valence-corrected chi connectivity index (χ0v) is 7.32. The molecule has 68 valence electrons. The van der Waals surface area contributed by atoms with E-state index in [0.29, 0.717) is 17.2 Å². The monoisotopic (exact) mass is 199 g/mol. The van der Waals surface area contributed by atoms with E-state index in [1.807, 2.05) is 0 Å². The maximum absolute atomic E-state index is 10.6.